The zero-order chi connectivity index (χ0) is 7.70. The highest BCUT2D eigenvalue weighted by Gasteiger charge is 1.73. The summed E-state index contributed by atoms with van der Waals surface area (Å²) in [7, 11) is 0. The number of isothiocyanates is 1. The first-order valence-electron chi connectivity index (χ1n) is 1.72. The second kappa shape index (κ2) is 9.95. The van der Waals surface area contributed by atoms with E-state index in [-0.39, 0.29) is 0 Å². The molecule has 0 aliphatic heterocycles. The summed E-state index contributed by atoms with van der Waals surface area (Å²) in [6.45, 7) is 0. The van der Waals surface area contributed by atoms with Crippen LogP contribution in [-0.4, -0.2) is 11.2 Å². The third-order valence-corrected chi connectivity index (χ3v) is 0.300. The van der Waals surface area contributed by atoms with Crippen LogP contribution in [0.1, 0.15) is 0 Å². The molecule has 0 unspecified atom stereocenters. The molecule has 7 heteroatoms. The van der Waals surface area contributed by atoms with Gasteiger partial charge in [-0.25, -0.2) is 10.6 Å². The van der Waals surface area contributed by atoms with Crippen LogP contribution in [0.5, 0.6) is 0 Å². The number of amides is 2. The number of nitrogens with two attached hydrogens (primary N) is 3. The van der Waals surface area contributed by atoms with Gasteiger partial charge in [-0.1, -0.05) is 0 Å². The van der Waals surface area contributed by atoms with Crippen molar-refractivity contribution in [2.75, 3.05) is 0 Å². The number of hydrogen-bond acceptors (Lipinski definition) is 5. The predicted molar refractivity (Wildman–Crippen MR) is 36.1 cm³/mol. The van der Waals surface area contributed by atoms with Crippen LogP contribution < -0.4 is 22.8 Å². The maximum atomic E-state index is 9.35. The first-order chi connectivity index (χ1) is 4.18. The second-order valence-electron chi connectivity index (χ2n) is 0.729. The summed E-state index contributed by atoms with van der Waals surface area (Å²) in [6.07, 6.45) is 0. The number of nitrogens with zero attached hydrogens (tertiary/aromatic N) is 1. The Morgan fingerprint density at radius 2 is 2.00 bits per heavy atom. The van der Waals surface area contributed by atoms with Gasteiger partial charge in [0, 0.05) is 0 Å². The van der Waals surface area contributed by atoms with Crippen LogP contribution in [0.15, 0.2) is 5.10 Å². The summed E-state index contributed by atoms with van der Waals surface area (Å²) in [6, 6.07) is -0.718. The van der Waals surface area contributed by atoms with Gasteiger partial charge >= 0.3 is 6.03 Å². The molecular weight excluding hydrogens is 142 g/mol. The lowest BCUT2D eigenvalue weighted by molar-refractivity contribution is 0.249. The van der Waals surface area contributed by atoms with Crippen LogP contribution >= 0.6 is 12.2 Å². The Bertz CT molecular complexity index is 118. The largest absolute Gasteiger partial charge is 0.351 e. The van der Waals surface area contributed by atoms with Crippen LogP contribution in [0.4, 0.5) is 4.79 Å². The van der Waals surface area contributed by atoms with E-state index in [1.807, 2.05) is 5.16 Å². The molecule has 0 saturated carbocycles. The molecule has 0 aromatic rings. The quantitative estimate of drug-likeness (QED) is 0.110. The number of carbonyl (C=O) groups is 1. The normalized spacial score (nSPS) is 5.44. The van der Waals surface area contributed by atoms with Gasteiger partial charge in [-0.3, -0.25) is 5.43 Å². The molecule has 0 aromatic carbocycles. The van der Waals surface area contributed by atoms with Crippen molar-refractivity contribution in [3.63, 3.8) is 0 Å². The molecule has 0 rings (SSSR count). The highest BCUT2D eigenvalue weighted by atomic mass is 32.1. The molecule has 0 fully saturated rings. The lowest BCUT2D eigenvalue weighted by atomic mass is 11.2. The number of hydrazone groups is 1. The smallest absolute Gasteiger partial charge is 0.326 e. The van der Waals surface area contributed by atoms with Crippen LogP contribution in [0, 0.1) is 0 Å². The van der Waals surface area contributed by atoms with E-state index >= 15 is 0 Å². The van der Waals surface area contributed by atoms with Gasteiger partial charge < -0.3 is 11.6 Å². The average Bonchev–Trinajstić information content (AvgIpc) is 1.89. The Morgan fingerprint density at radius 1 is 1.78 bits per heavy atom. The van der Waals surface area contributed by atoms with E-state index in [0.717, 1.165) is 0 Å². The molecule has 0 aromatic heterocycles. The van der Waals surface area contributed by atoms with Gasteiger partial charge in [-0.15, -0.1) is 5.10 Å². The summed E-state index contributed by atoms with van der Waals surface area (Å²) in [5.41, 5.74) is 6.08. The maximum Gasteiger partial charge on any atom is 0.326 e. The Labute approximate surface area is 57.0 Å². The Morgan fingerprint density at radius 3 is 2.00 bits per heavy atom. The molecule has 0 aliphatic rings. The van der Waals surface area contributed by atoms with Crippen molar-refractivity contribution in [2.45, 2.75) is 0 Å². The zero-order valence-corrected chi connectivity index (χ0v) is 5.31. The van der Waals surface area contributed by atoms with E-state index in [0.29, 0.717) is 0 Å². The van der Waals surface area contributed by atoms with E-state index < -0.39 is 6.03 Å². The third-order valence-electron chi connectivity index (χ3n) is 0.195. The van der Waals surface area contributed by atoms with Gasteiger partial charge in [0.15, 0.2) is 0 Å². The molecule has 0 aliphatic carbocycles. The van der Waals surface area contributed by atoms with E-state index in [2.05, 4.69) is 34.7 Å². The Hall–Kier alpha value is -1.17. The lowest BCUT2D eigenvalue weighted by Gasteiger charge is -1.81. The molecule has 0 spiro atoms. The van der Waals surface area contributed by atoms with Gasteiger partial charge in [0.05, 0.1) is 5.16 Å². The molecule has 52 valence electrons. The van der Waals surface area contributed by atoms with Crippen LogP contribution in [0.25, 0.3) is 0 Å². The monoisotopic (exact) mass is 149 g/mol. The molecule has 0 bridgehead atoms. The van der Waals surface area contributed by atoms with Crippen LogP contribution in [0.2, 0.25) is 0 Å². The number of carbonyl (C=O) groups excluding carboxylic acids is 1. The van der Waals surface area contributed by atoms with E-state index in [4.69, 9.17) is 0 Å². The molecule has 7 N–H and O–H groups in total. The summed E-state index contributed by atoms with van der Waals surface area (Å²) in [4.78, 5) is 9.35. The number of hydrazine groups is 1. The summed E-state index contributed by atoms with van der Waals surface area (Å²) in [5.74, 6) is 8.88. The van der Waals surface area contributed by atoms with E-state index in [1.165, 1.54) is 0 Å². The molecule has 9 heavy (non-hydrogen) atoms. The third kappa shape index (κ3) is 47.6. The molecule has 0 saturated heterocycles. The first-order valence-corrected chi connectivity index (χ1v) is 2.13. The average molecular weight is 149 g/mol. The van der Waals surface area contributed by atoms with Crippen molar-refractivity contribution in [2.24, 2.45) is 22.5 Å². The second-order valence-corrected chi connectivity index (χ2v) is 0.912. The fourth-order valence-corrected chi connectivity index (χ4v) is 0. The number of rotatable bonds is 0. The topological polar surface area (TPSA) is 120 Å². The fourth-order valence-electron chi connectivity index (χ4n) is 0. The fraction of sp³-hybridized carbons (Fsp3) is 0. The van der Waals surface area contributed by atoms with Gasteiger partial charge in [0.25, 0.3) is 0 Å². The first kappa shape index (κ1) is 10.7. The SMILES string of the molecule is NN=C=S.NNC(N)=O. The number of primary amides is 1. The zero-order valence-electron chi connectivity index (χ0n) is 4.50. The molecule has 2 amide bonds. The van der Waals surface area contributed by atoms with Crippen LogP contribution in [0.3, 0.4) is 0 Å². The minimum atomic E-state index is -0.718. The maximum absolute atomic E-state index is 9.35. The molecule has 0 radical (unpaired) electrons. The van der Waals surface area contributed by atoms with Crippen molar-refractivity contribution in [3.05, 3.63) is 0 Å². The minimum Gasteiger partial charge on any atom is -0.351 e. The van der Waals surface area contributed by atoms with Gasteiger partial charge in [-0.05, 0) is 12.2 Å². The summed E-state index contributed by atoms with van der Waals surface area (Å²) in [5, 5.41) is 4.72. The van der Waals surface area contributed by atoms with Crippen molar-refractivity contribution in [1.82, 2.24) is 5.43 Å². The molecular formula is C2H7N5OS. The minimum absolute atomic E-state index is 0.718. The molecule has 0 heterocycles. The van der Waals surface area contributed by atoms with Crippen molar-refractivity contribution in [1.29, 1.82) is 0 Å². The number of hydrogen-bond donors (Lipinski definition) is 4. The van der Waals surface area contributed by atoms with E-state index in [1.54, 1.807) is 5.43 Å². The van der Waals surface area contributed by atoms with Gasteiger partial charge in [0.1, 0.15) is 0 Å². The number of thiocarbonyl (C=S) groups is 1. The molecule has 0 atom stereocenters. The standard InChI is InChI=1S/CH5N3O.CH2N2S/c2-1(5)4-3;2-3-1-4/h3H2,(H3,2,4,5);2H2. The lowest BCUT2D eigenvalue weighted by Crippen LogP contribution is -2.34. The van der Waals surface area contributed by atoms with Crippen molar-refractivity contribution < 1.29 is 4.79 Å². The molecule has 6 nitrogen and oxygen atoms in total. The Balaban J connectivity index is 0. The van der Waals surface area contributed by atoms with Crippen LogP contribution in [-0.2, 0) is 0 Å². The van der Waals surface area contributed by atoms with Gasteiger partial charge in [-0.2, -0.15) is 0 Å². The van der Waals surface area contributed by atoms with E-state index in [9.17, 15) is 4.79 Å². The van der Waals surface area contributed by atoms with Crippen molar-refractivity contribution in [3.8, 4) is 0 Å². The van der Waals surface area contributed by atoms with Crippen molar-refractivity contribution >= 4 is 23.4 Å². The number of urea groups is 1. The summed E-state index contributed by atoms with van der Waals surface area (Å²) >= 11 is 4.01. The Kier molecular flexibility index (Phi) is 11.9. The predicted octanol–water partition coefficient (Wildman–Crippen LogP) is -1.51. The highest BCUT2D eigenvalue weighted by molar-refractivity contribution is 7.78. The highest BCUT2D eigenvalue weighted by Crippen LogP contribution is 1.34. The number of nitrogens with one attached hydrogen (secondary N) is 1. The summed E-state index contributed by atoms with van der Waals surface area (Å²) < 4.78 is 0. The van der Waals surface area contributed by atoms with Gasteiger partial charge in [0.2, 0.25) is 0 Å².